The second kappa shape index (κ2) is 5.75. The Bertz CT molecular complexity index is 772. The molecule has 0 fully saturated rings. The van der Waals surface area contributed by atoms with Crippen molar-refractivity contribution in [3.63, 3.8) is 0 Å². The van der Waals surface area contributed by atoms with Gasteiger partial charge in [-0.25, -0.2) is 22.9 Å². The highest BCUT2D eigenvalue weighted by atomic mass is 35.5. The molecule has 0 radical (unpaired) electrons. The van der Waals surface area contributed by atoms with Gasteiger partial charge in [0.25, 0.3) is 10.0 Å². The van der Waals surface area contributed by atoms with Gasteiger partial charge >= 0.3 is 0 Å². The fraction of sp³-hybridized carbons (Fsp3) is 0.308. The third kappa shape index (κ3) is 3.42. The number of benzene rings is 1. The average Bonchev–Trinajstić information content (AvgIpc) is 2.79. The third-order valence-electron chi connectivity index (χ3n) is 2.97. The Balaban J connectivity index is 2.48. The highest BCUT2D eigenvalue weighted by molar-refractivity contribution is 7.89. The Labute approximate surface area is 127 Å². The summed E-state index contributed by atoms with van der Waals surface area (Å²) >= 11 is 5.92. The lowest BCUT2D eigenvalue weighted by atomic mass is 10.2. The van der Waals surface area contributed by atoms with Gasteiger partial charge in [-0.3, -0.25) is 0 Å². The first-order valence-corrected chi connectivity index (χ1v) is 8.15. The average molecular weight is 332 g/mol. The van der Waals surface area contributed by atoms with Crippen LogP contribution in [0.15, 0.2) is 29.4 Å². The van der Waals surface area contributed by atoms with E-state index < -0.39 is 15.8 Å². The number of hydrogen-bond acceptors (Lipinski definition) is 3. The zero-order valence-electron chi connectivity index (χ0n) is 11.5. The summed E-state index contributed by atoms with van der Waals surface area (Å²) in [4.78, 5) is 4.04. The summed E-state index contributed by atoms with van der Waals surface area (Å²) < 4.78 is 37.9. The van der Waals surface area contributed by atoms with E-state index in [4.69, 9.17) is 16.7 Å². The Morgan fingerprint density at radius 3 is 2.67 bits per heavy atom. The van der Waals surface area contributed by atoms with Crippen molar-refractivity contribution in [2.45, 2.75) is 31.3 Å². The maximum absolute atomic E-state index is 13.5. The molecule has 1 heterocycles. The maximum Gasteiger partial charge on any atom is 0.257 e. The summed E-state index contributed by atoms with van der Waals surface area (Å²) in [6.07, 6.45) is 1.34. The number of nitrogens with zero attached hydrogens (tertiary/aromatic N) is 2. The normalized spacial score (nSPS) is 12.1. The van der Waals surface area contributed by atoms with Gasteiger partial charge in [-0.15, -0.1) is 0 Å². The van der Waals surface area contributed by atoms with Crippen LogP contribution in [-0.4, -0.2) is 18.0 Å². The fourth-order valence-corrected chi connectivity index (χ4v) is 2.66. The molecule has 2 N–H and O–H groups in total. The van der Waals surface area contributed by atoms with Gasteiger partial charge in [0.05, 0.1) is 11.6 Å². The minimum atomic E-state index is -3.89. The van der Waals surface area contributed by atoms with Gasteiger partial charge in [-0.2, -0.15) is 0 Å². The van der Waals surface area contributed by atoms with E-state index in [0.29, 0.717) is 11.4 Å². The predicted molar refractivity (Wildman–Crippen MR) is 78.2 cm³/mol. The second-order valence-electron chi connectivity index (χ2n) is 4.98. The standard InChI is InChI=1S/C13H15ClFN3O2S/c1-8(2)13-17-11(21(16,19)20)7-18(13)6-9-4-3-5-10(15)12(9)14/h3-5,7-8H,6H2,1-2H3,(H2,16,19,20). The molecule has 0 atom stereocenters. The highest BCUT2D eigenvalue weighted by Crippen LogP contribution is 2.23. The summed E-state index contributed by atoms with van der Waals surface area (Å²) in [5.74, 6) is -0.000707. The van der Waals surface area contributed by atoms with E-state index in [1.165, 1.54) is 12.3 Å². The molecule has 0 unspecified atom stereocenters. The quantitative estimate of drug-likeness (QED) is 0.935. The molecule has 1 aromatic carbocycles. The van der Waals surface area contributed by atoms with Crippen LogP contribution in [0.1, 0.15) is 31.2 Å². The van der Waals surface area contributed by atoms with Crippen LogP contribution in [-0.2, 0) is 16.6 Å². The Kier molecular flexibility index (Phi) is 4.36. The molecule has 0 saturated carbocycles. The summed E-state index contributed by atoms with van der Waals surface area (Å²) in [6.45, 7) is 3.96. The van der Waals surface area contributed by atoms with Crippen LogP contribution in [0, 0.1) is 5.82 Å². The lowest BCUT2D eigenvalue weighted by molar-refractivity contribution is 0.594. The highest BCUT2D eigenvalue weighted by Gasteiger charge is 2.19. The Morgan fingerprint density at radius 2 is 2.10 bits per heavy atom. The second-order valence-corrected chi connectivity index (χ2v) is 6.86. The van der Waals surface area contributed by atoms with Crippen molar-refractivity contribution in [1.29, 1.82) is 0 Å². The minimum Gasteiger partial charge on any atom is -0.329 e. The van der Waals surface area contributed by atoms with Crippen molar-refractivity contribution < 1.29 is 12.8 Å². The molecule has 0 amide bonds. The van der Waals surface area contributed by atoms with Crippen LogP contribution in [0.25, 0.3) is 0 Å². The van der Waals surface area contributed by atoms with Crippen molar-refractivity contribution in [2.24, 2.45) is 5.14 Å². The molecule has 0 saturated heterocycles. The Hall–Kier alpha value is -1.44. The predicted octanol–water partition coefficient (Wildman–Crippen LogP) is 2.49. The molecule has 2 aromatic rings. The lowest BCUT2D eigenvalue weighted by Crippen LogP contribution is -2.12. The zero-order chi connectivity index (χ0) is 15.8. The number of rotatable bonds is 4. The van der Waals surface area contributed by atoms with Crippen LogP contribution in [0.2, 0.25) is 5.02 Å². The number of aromatic nitrogens is 2. The summed E-state index contributed by atoms with van der Waals surface area (Å²) in [5.41, 5.74) is 0.539. The number of nitrogens with two attached hydrogens (primary N) is 1. The molecular weight excluding hydrogens is 317 g/mol. The summed E-state index contributed by atoms with van der Waals surface area (Å²) in [5, 5.41) is 4.90. The van der Waals surface area contributed by atoms with Gasteiger partial charge in [0, 0.05) is 12.1 Å². The molecule has 0 aliphatic rings. The number of imidazole rings is 1. The zero-order valence-corrected chi connectivity index (χ0v) is 13.1. The van der Waals surface area contributed by atoms with Gasteiger partial charge in [0.2, 0.25) is 0 Å². The molecule has 0 aliphatic heterocycles. The summed E-state index contributed by atoms with van der Waals surface area (Å²) in [7, 11) is -3.89. The van der Waals surface area contributed by atoms with Crippen LogP contribution in [0.3, 0.4) is 0 Å². The molecule has 2 rings (SSSR count). The summed E-state index contributed by atoms with van der Waals surface area (Å²) in [6, 6.07) is 4.48. The first-order valence-electron chi connectivity index (χ1n) is 6.23. The van der Waals surface area contributed by atoms with Crippen molar-refractivity contribution >= 4 is 21.6 Å². The van der Waals surface area contributed by atoms with E-state index in [0.717, 1.165) is 0 Å². The first-order chi connectivity index (χ1) is 9.70. The van der Waals surface area contributed by atoms with Gasteiger partial charge in [0.15, 0.2) is 5.03 Å². The number of hydrogen-bond donors (Lipinski definition) is 1. The van der Waals surface area contributed by atoms with Gasteiger partial charge in [-0.1, -0.05) is 37.6 Å². The first kappa shape index (κ1) is 15.9. The van der Waals surface area contributed by atoms with Crippen LogP contribution < -0.4 is 5.14 Å². The monoisotopic (exact) mass is 331 g/mol. The molecule has 5 nitrogen and oxygen atoms in total. The van der Waals surface area contributed by atoms with E-state index in [1.807, 2.05) is 13.8 Å². The SMILES string of the molecule is CC(C)c1nc(S(N)(=O)=O)cn1Cc1cccc(F)c1Cl. The van der Waals surface area contributed by atoms with Gasteiger partial charge in [0.1, 0.15) is 11.6 Å². The third-order valence-corrected chi connectivity index (χ3v) is 4.17. The molecule has 0 spiro atoms. The molecular formula is C13H15ClFN3O2S. The number of sulfonamides is 1. The van der Waals surface area contributed by atoms with Crippen LogP contribution in [0.4, 0.5) is 4.39 Å². The Morgan fingerprint density at radius 1 is 1.43 bits per heavy atom. The van der Waals surface area contributed by atoms with Crippen molar-refractivity contribution in [1.82, 2.24) is 9.55 Å². The molecule has 1 aromatic heterocycles. The van der Waals surface area contributed by atoms with E-state index in [-0.39, 0.29) is 22.5 Å². The molecule has 8 heteroatoms. The van der Waals surface area contributed by atoms with E-state index in [1.54, 1.807) is 16.7 Å². The van der Waals surface area contributed by atoms with E-state index in [9.17, 15) is 12.8 Å². The lowest BCUT2D eigenvalue weighted by Gasteiger charge is -2.11. The fourth-order valence-electron chi connectivity index (χ4n) is 1.98. The van der Waals surface area contributed by atoms with E-state index >= 15 is 0 Å². The van der Waals surface area contributed by atoms with Gasteiger partial charge < -0.3 is 4.57 Å². The van der Waals surface area contributed by atoms with Crippen LogP contribution >= 0.6 is 11.6 Å². The van der Waals surface area contributed by atoms with Crippen molar-refractivity contribution in [2.75, 3.05) is 0 Å². The smallest absolute Gasteiger partial charge is 0.257 e. The van der Waals surface area contributed by atoms with E-state index in [2.05, 4.69) is 4.98 Å². The maximum atomic E-state index is 13.5. The van der Waals surface area contributed by atoms with Gasteiger partial charge in [-0.05, 0) is 11.6 Å². The molecule has 114 valence electrons. The topological polar surface area (TPSA) is 78.0 Å². The van der Waals surface area contributed by atoms with Crippen molar-refractivity contribution in [3.8, 4) is 0 Å². The largest absolute Gasteiger partial charge is 0.329 e. The van der Waals surface area contributed by atoms with Crippen molar-refractivity contribution in [3.05, 3.63) is 46.6 Å². The number of primary sulfonamides is 1. The number of halogens is 2. The molecule has 0 bridgehead atoms. The molecule has 0 aliphatic carbocycles. The van der Waals surface area contributed by atoms with Crippen LogP contribution in [0.5, 0.6) is 0 Å². The molecule has 21 heavy (non-hydrogen) atoms. The minimum absolute atomic E-state index is 0.0121.